The molecule has 47 heavy (non-hydrogen) atoms. The van der Waals surface area contributed by atoms with Gasteiger partial charge < -0.3 is 25.0 Å². The number of halogens is 3. The summed E-state index contributed by atoms with van der Waals surface area (Å²) in [7, 11) is 2.18. The summed E-state index contributed by atoms with van der Waals surface area (Å²) in [6, 6.07) is 16.6. The fourth-order valence-corrected chi connectivity index (χ4v) is 5.34. The molecule has 248 valence electrons. The van der Waals surface area contributed by atoms with Crippen LogP contribution in [0.1, 0.15) is 54.1 Å². The highest BCUT2D eigenvalue weighted by Crippen LogP contribution is 2.40. The van der Waals surface area contributed by atoms with Crippen molar-refractivity contribution in [3.05, 3.63) is 84.1 Å². The Kier molecular flexibility index (Phi) is 10.9. The number of H-pyrrole nitrogens is 1. The van der Waals surface area contributed by atoms with E-state index in [1.54, 1.807) is 6.20 Å². The highest BCUT2D eigenvalue weighted by atomic mass is 19.4. The zero-order valence-corrected chi connectivity index (χ0v) is 26.6. The molecule has 12 heteroatoms. The topological polar surface area (TPSA) is 125 Å². The molecule has 0 unspecified atom stereocenters. The molecule has 0 aliphatic carbocycles. The Balaban J connectivity index is 0.000000644. The van der Waals surface area contributed by atoms with E-state index >= 15 is 0 Å². The molecule has 0 saturated carbocycles. The maximum Gasteiger partial charge on any atom is 0.490 e. The molecule has 1 aliphatic rings. The number of fused-ring (bicyclic) bond motifs is 1. The standard InChI is InChI=1S/C33H36N4O3.C2HF3O2/c1-6-29(38)35-28-18-25(8-7-21(28)4)30-27-17-26(33(39)40-20(2)3)19-34-32(27)36-31(30)24-11-9-22(10-12-24)23-13-15-37(5)16-14-23;3-2(4,5)1(6)7/h6-12,17-20,23H,1,13-16H2,2-5H3,(H,34,36)(H,35,38);(H,6,7). The summed E-state index contributed by atoms with van der Waals surface area (Å²) in [5, 5.41) is 10.8. The second-order valence-electron chi connectivity index (χ2n) is 11.7. The predicted molar refractivity (Wildman–Crippen MR) is 174 cm³/mol. The lowest BCUT2D eigenvalue weighted by Gasteiger charge is -2.29. The van der Waals surface area contributed by atoms with Crippen molar-refractivity contribution in [2.24, 2.45) is 0 Å². The second kappa shape index (κ2) is 14.6. The zero-order valence-electron chi connectivity index (χ0n) is 26.6. The minimum Gasteiger partial charge on any atom is -0.475 e. The number of alkyl halides is 3. The number of anilines is 1. The number of ether oxygens (including phenoxy) is 1. The number of amides is 1. The van der Waals surface area contributed by atoms with E-state index in [4.69, 9.17) is 14.6 Å². The molecular formula is C35H37F3N4O5. The number of aromatic amines is 1. The van der Waals surface area contributed by atoms with Crippen LogP contribution in [-0.4, -0.2) is 70.2 Å². The minimum atomic E-state index is -5.08. The maximum absolute atomic E-state index is 12.8. The molecular weight excluding hydrogens is 613 g/mol. The van der Waals surface area contributed by atoms with Gasteiger partial charge in [0.25, 0.3) is 0 Å². The number of aryl methyl sites for hydroxylation is 1. The van der Waals surface area contributed by atoms with Gasteiger partial charge in [0, 0.05) is 22.8 Å². The van der Waals surface area contributed by atoms with E-state index in [0.29, 0.717) is 22.8 Å². The van der Waals surface area contributed by atoms with Gasteiger partial charge in [0.15, 0.2) is 0 Å². The predicted octanol–water partition coefficient (Wildman–Crippen LogP) is 7.34. The molecule has 3 N–H and O–H groups in total. The summed E-state index contributed by atoms with van der Waals surface area (Å²) in [6.07, 6.45) is -0.193. The van der Waals surface area contributed by atoms with Gasteiger partial charge in [0.1, 0.15) is 5.65 Å². The van der Waals surface area contributed by atoms with E-state index in [1.807, 2.05) is 45.0 Å². The third-order valence-electron chi connectivity index (χ3n) is 7.83. The van der Waals surface area contributed by atoms with Gasteiger partial charge in [-0.3, -0.25) is 4.79 Å². The van der Waals surface area contributed by atoms with Gasteiger partial charge in [-0.05, 0) is 100 Å². The third kappa shape index (κ3) is 8.64. The molecule has 2 aromatic carbocycles. The number of rotatable bonds is 7. The lowest BCUT2D eigenvalue weighted by atomic mass is 9.88. The fraction of sp³-hybridized carbons (Fsp3) is 0.314. The van der Waals surface area contributed by atoms with Crippen LogP contribution < -0.4 is 5.32 Å². The highest BCUT2D eigenvalue weighted by Gasteiger charge is 2.38. The number of benzene rings is 2. The monoisotopic (exact) mass is 650 g/mol. The third-order valence-corrected chi connectivity index (χ3v) is 7.83. The number of nitrogens with zero attached hydrogens (tertiary/aromatic N) is 2. The van der Waals surface area contributed by atoms with Gasteiger partial charge in [-0.1, -0.05) is 43.0 Å². The van der Waals surface area contributed by atoms with E-state index in [2.05, 4.69) is 58.1 Å². The van der Waals surface area contributed by atoms with Crippen LogP contribution in [0.5, 0.6) is 0 Å². The van der Waals surface area contributed by atoms with Crippen molar-refractivity contribution >= 4 is 34.6 Å². The van der Waals surface area contributed by atoms with Crippen LogP contribution in [0.25, 0.3) is 33.4 Å². The van der Waals surface area contributed by atoms with Crippen LogP contribution in [-0.2, 0) is 14.3 Å². The molecule has 1 saturated heterocycles. The number of likely N-dealkylation sites (tertiary alicyclic amines) is 1. The van der Waals surface area contributed by atoms with Gasteiger partial charge in [-0.2, -0.15) is 13.2 Å². The molecule has 9 nitrogen and oxygen atoms in total. The van der Waals surface area contributed by atoms with Crippen molar-refractivity contribution < 1.29 is 37.4 Å². The Morgan fingerprint density at radius 3 is 2.28 bits per heavy atom. The number of carboxylic acids is 1. The normalized spacial score (nSPS) is 14.0. The molecule has 0 atom stereocenters. The quantitative estimate of drug-likeness (QED) is 0.141. The number of esters is 1. The van der Waals surface area contributed by atoms with Crippen molar-refractivity contribution in [3.8, 4) is 22.4 Å². The number of nitrogens with one attached hydrogen (secondary N) is 2. The lowest BCUT2D eigenvalue weighted by molar-refractivity contribution is -0.192. The summed E-state index contributed by atoms with van der Waals surface area (Å²) in [5.41, 5.74) is 7.76. The number of carbonyl (C=O) groups is 3. The molecule has 0 spiro atoms. The first-order valence-electron chi connectivity index (χ1n) is 15.0. The summed E-state index contributed by atoms with van der Waals surface area (Å²) in [6.45, 7) is 11.4. The molecule has 1 amide bonds. The largest absolute Gasteiger partial charge is 0.490 e. The van der Waals surface area contributed by atoms with Crippen molar-refractivity contribution in [1.29, 1.82) is 0 Å². The van der Waals surface area contributed by atoms with Gasteiger partial charge in [0.2, 0.25) is 5.91 Å². The average molecular weight is 651 g/mol. The van der Waals surface area contributed by atoms with E-state index in [1.165, 1.54) is 11.6 Å². The number of hydrogen-bond donors (Lipinski definition) is 3. The lowest BCUT2D eigenvalue weighted by Crippen LogP contribution is -2.29. The number of aromatic nitrogens is 2. The first kappa shape index (κ1) is 34.9. The first-order chi connectivity index (χ1) is 22.2. The fourth-order valence-electron chi connectivity index (χ4n) is 5.34. The van der Waals surface area contributed by atoms with Crippen molar-refractivity contribution in [2.45, 2.75) is 51.8 Å². The van der Waals surface area contributed by atoms with Gasteiger partial charge >= 0.3 is 18.1 Å². The second-order valence-corrected chi connectivity index (χ2v) is 11.7. The Bertz CT molecular complexity index is 1770. The molecule has 0 bridgehead atoms. The first-order valence-corrected chi connectivity index (χ1v) is 15.0. The minimum absolute atomic E-state index is 0.236. The summed E-state index contributed by atoms with van der Waals surface area (Å²) in [4.78, 5) is 44.3. The van der Waals surface area contributed by atoms with E-state index in [9.17, 15) is 22.8 Å². The van der Waals surface area contributed by atoms with E-state index in [-0.39, 0.29) is 12.0 Å². The molecule has 0 radical (unpaired) electrons. The average Bonchev–Trinajstić information content (AvgIpc) is 3.41. The van der Waals surface area contributed by atoms with Crippen LogP contribution in [0.15, 0.2) is 67.4 Å². The van der Waals surface area contributed by atoms with Crippen LogP contribution >= 0.6 is 0 Å². The Morgan fingerprint density at radius 2 is 1.70 bits per heavy atom. The summed E-state index contributed by atoms with van der Waals surface area (Å²) >= 11 is 0. The molecule has 1 aliphatic heterocycles. The van der Waals surface area contributed by atoms with Crippen LogP contribution in [0.4, 0.5) is 18.9 Å². The number of hydrogen-bond acceptors (Lipinski definition) is 6. The number of carboxylic acid groups (broad SMARTS) is 1. The number of carbonyl (C=O) groups excluding carboxylic acids is 2. The van der Waals surface area contributed by atoms with Gasteiger partial charge in [-0.25, -0.2) is 14.6 Å². The Morgan fingerprint density at radius 1 is 1.09 bits per heavy atom. The zero-order chi connectivity index (χ0) is 34.5. The number of piperidine rings is 1. The Labute approximate surface area is 270 Å². The van der Waals surface area contributed by atoms with Crippen molar-refractivity contribution in [2.75, 3.05) is 25.5 Å². The number of pyridine rings is 1. The van der Waals surface area contributed by atoms with E-state index < -0.39 is 18.1 Å². The smallest absolute Gasteiger partial charge is 0.475 e. The van der Waals surface area contributed by atoms with Crippen LogP contribution in [0, 0.1) is 6.92 Å². The van der Waals surface area contributed by atoms with Gasteiger partial charge in [0.05, 0.1) is 17.4 Å². The molecule has 1 fully saturated rings. The van der Waals surface area contributed by atoms with Crippen molar-refractivity contribution in [3.63, 3.8) is 0 Å². The number of aliphatic carboxylic acids is 1. The molecule has 3 heterocycles. The Hall–Kier alpha value is -4.97. The summed E-state index contributed by atoms with van der Waals surface area (Å²) in [5.74, 6) is -2.88. The molecule has 4 aromatic rings. The SMILES string of the molecule is C=CC(=O)Nc1cc(-c2c(-c3ccc(C4CCN(C)CC4)cc3)[nH]c3ncc(C(=O)OC(C)C)cc23)ccc1C.O=C(O)C(F)(F)F. The van der Waals surface area contributed by atoms with Crippen LogP contribution in [0.3, 0.4) is 0 Å². The maximum atomic E-state index is 12.8. The molecule has 5 rings (SSSR count). The summed E-state index contributed by atoms with van der Waals surface area (Å²) < 4.78 is 37.2. The van der Waals surface area contributed by atoms with Crippen LogP contribution in [0.2, 0.25) is 0 Å². The molecule has 2 aromatic heterocycles. The van der Waals surface area contributed by atoms with E-state index in [0.717, 1.165) is 59.3 Å². The van der Waals surface area contributed by atoms with Gasteiger partial charge in [-0.15, -0.1) is 0 Å². The highest BCUT2D eigenvalue weighted by molar-refractivity contribution is 6.06. The van der Waals surface area contributed by atoms with Crippen molar-refractivity contribution in [1.82, 2.24) is 14.9 Å².